The summed E-state index contributed by atoms with van der Waals surface area (Å²) in [4.78, 5) is 2.47. The minimum Gasteiger partial charge on any atom is -0.303 e. The molecule has 0 aromatic rings. The van der Waals surface area contributed by atoms with E-state index in [2.05, 4.69) is 10.2 Å². The van der Waals surface area contributed by atoms with Crippen molar-refractivity contribution in [1.82, 2.24) is 10.2 Å². The smallest absolute Gasteiger partial charge is 0.0484 e. The van der Waals surface area contributed by atoms with E-state index in [1.807, 2.05) is 0 Å². The molecule has 40 valence electrons. The standard InChI is InChI=1S/C5H10N2/c1-2-7-4-6-3-5(1)7/h5-6H,1-4H2. The quantitative estimate of drug-likeness (QED) is 0.444. The van der Waals surface area contributed by atoms with Crippen molar-refractivity contribution in [3.05, 3.63) is 0 Å². The topological polar surface area (TPSA) is 15.3 Å². The summed E-state index contributed by atoms with van der Waals surface area (Å²) in [6.45, 7) is 3.71. The zero-order chi connectivity index (χ0) is 4.69. The van der Waals surface area contributed by atoms with Gasteiger partial charge in [-0.05, 0) is 6.42 Å². The van der Waals surface area contributed by atoms with Gasteiger partial charge in [0.15, 0.2) is 0 Å². The van der Waals surface area contributed by atoms with E-state index in [1.54, 1.807) is 0 Å². The summed E-state index contributed by atoms with van der Waals surface area (Å²) in [5.41, 5.74) is 0. The summed E-state index contributed by atoms with van der Waals surface area (Å²) in [5.74, 6) is 0. The Morgan fingerprint density at radius 3 is 2.86 bits per heavy atom. The van der Waals surface area contributed by atoms with Gasteiger partial charge in [-0.15, -0.1) is 0 Å². The maximum absolute atomic E-state index is 3.31. The Balaban J connectivity index is 2.03. The highest BCUT2D eigenvalue weighted by Crippen LogP contribution is 2.18. The van der Waals surface area contributed by atoms with E-state index in [4.69, 9.17) is 0 Å². The molecule has 0 aromatic heterocycles. The fourth-order valence-electron chi connectivity index (χ4n) is 1.31. The summed E-state index contributed by atoms with van der Waals surface area (Å²) in [6, 6.07) is 0.917. The molecule has 1 atom stereocenters. The Kier molecular flexibility index (Phi) is 0.664. The minimum absolute atomic E-state index is 0.917. The first-order valence-corrected chi connectivity index (χ1v) is 2.91. The molecular weight excluding hydrogens is 88.1 g/mol. The van der Waals surface area contributed by atoms with Crippen LogP contribution >= 0.6 is 0 Å². The van der Waals surface area contributed by atoms with Gasteiger partial charge in [0.2, 0.25) is 0 Å². The van der Waals surface area contributed by atoms with Crippen molar-refractivity contribution in [3.8, 4) is 0 Å². The molecule has 2 aliphatic heterocycles. The molecule has 0 radical (unpaired) electrons. The summed E-state index contributed by atoms with van der Waals surface area (Å²) in [6.07, 6.45) is 1.42. The molecule has 7 heavy (non-hydrogen) atoms. The van der Waals surface area contributed by atoms with Gasteiger partial charge in [0.25, 0.3) is 0 Å². The molecule has 2 fully saturated rings. The van der Waals surface area contributed by atoms with Gasteiger partial charge in [-0.3, -0.25) is 4.90 Å². The van der Waals surface area contributed by atoms with Gasteiger partial charge >= 0.3 is 0 Å². The predicted molar refractivity (Wildman–Crippen MR) is 28.0 cm³/mol. The zero-order valence-corrected chi connectivity index (χ0v) is 4.35. The van der Waals surface area contributed by atoms with Gasteiger partial charge in [0.1, 0.15) is 0 Å². The lowest BCUT2D eigenvalue weighted by molar-refractivity contribution is 0.147. The fourth-order valence-corrected chi connectivity index (χ4v) is 1.31. The third-order valence-corrected chi connectivity index (χ3v) is 1.96. The van der Waals surface area contributed by atoms with Gasteiger partial charge in [-0.25, -0.2) is 0 Å². The Morgan fingerprint density at radius 1 is 1.57 bits per heavy atom. The number of fused-ring (bicyclic) bond motifs is 1. The van der Waals surface area contributed by atoms with Crippen molar-refractivity contribution in [2.75, 3.05) is 19.8 Å². The number of hydrogen-bond acceptors (Lipinski definition) is 2. The molecule has 2 heterocycles. The molecule has 0 amide bonds. The van der Waals surface area contributed by atoms with Gasteiger partial charge in [0, 0.05) is 25.8 Å². The first kappa shape index (κ1) is 3.87. The van der Waals surface area contributed by atoms with E-state index < -0.39 is 0 Å². The van der Waals surface area contributed by atoms with Crippen LogP contribution in [0.25, 0.3) is 0 Å². The largest absolute Gasteiger partial charge is 0.303 e. The lowest BCUT2D eigenvalue weighted by Crippen LogP contribution is -2.43. The highest BCUT2D eigenvalue weighted by Gasteiger charge is 2.31. The van der Waals surface area contributed by atoms with Crippen LogP contribution in [0.3, 0.4) is 0 Å². The second kappa shape index (κ2) is 1.20. The highest BCUT2D eigenvalue weighted by atomic mass is 15.3. The molecule has 1 unspecified atom stereocenters. The molecule has 2 aliphatic rings. The van der Waals surface area contributed by atoms with Crippen LogP contribution in [0.4, 0.5) is 0 Å². The van der Waals surface area contributed by atoms with Gasteiger partial charge in [0.05, 0.1) is 0 Å². The van der Waals surface area contributed by atoms with Crippen LogP contribution in [0, 0.1) is 0 Å². The Bertz CT molecular complexity index is 72.1. The molecule has 0 aliphatic carbocycles. The third kappa shape index (κ3) is 0.409. The Hall–Kier alpha value is -0.0800. The molecule has 0 spiro atoms. The lowest BCUT2D eigenvalue weighted by atomic mass is 10.1. The highest BCUT2D eigenvalue weighted by molar-refractivity contribution is 4.88. The molecular formula is C5H10N2. The van der Waals surface area contributed by atoms with Crippen molar-refractivity contribution in [1.29, 1.82) is 0 Å². The van der Waals surface area contributed by atoms with E-state index in [0.717, 1.165) is 12.7 Å². The molecule has 0 aromatic carbocycles. The van der Waals surface area contributed by atoms with Crippen molar-refractivity contribution in [2.45, 2.75) is 12.5 Å². The summed E-state index contributed by atoms with van der Waals surface area (Å²) in [5, 5.41) is 3.31. The van der Waals surface area contributed by atoms with Crippen LogP contribution in [0.1, 0.15) is 6.42 Å². The molecule has 0 bridgehead atoms. The zero-order valence-electron chi connectivity index (χ0n) is 4.35. The Morgan fingerprint density at radius 2 is 2.57 bits per heavy atom. The van der Waals surface area contributed by atoms with Gasteiger partial charge in [-0.2, -0.15) is 0 Å². The van der Waals surface area contributed by atoms with Crippen LogP contribution in [0.5, 0.6) is 0 Å². The second-order valence-electron chi connectivity index (χ2n) is 2.37. The second-order valence-corrected chi connectivity index (χ2v) is 2.37. The average molecular weight is 98.1 g/mol. The first-order chi connectivity index (χ1) is 3.47. The van der Waals surface area contributed by atoms with Crippen LogP contribution in [-0.4, -0.2) is 30.7 Å². The molecule has 1 N–H and O–H groups in total. The van der Waals surface area contributed by atoms with Gasteiger partial charge in [-0.1, -0.05) is 0 Å². The van der Waals surface area contributed by atoms with E-state index in [9.17, 15) is 0 Å². The first-order valence-electron chi connectivity index (χ1n) is 2.91. The molecule has 2 saturated heterocycles. The molecule has 2 rings (SSSR count). The monoisotopic (exact) mass is 98.1 g/mol. The third-order valence-electron chi connectivity index (χ3n) is 1.96. The average Bonchev–Trinajstić information content (AvgIpc) is 1.85. The summed E-state index contributed by atoms with van der Waals surface area (Å²) >= 11 is 0. The van der Waals surface area contributed by atoms with E-state index in [1.165, 1.54) is 19.5 Å². The lowest BCUT2D eigenvalue weighted by Gasteiger charge is -2.32. The number of nitrogens with zero attached hydrogens (tertiary/aromatic N) is 1. The van der Waals surface area contributed by atoms with Crippen LogP contribution in [0.15, 0.2) is 0 Å². The van der Waals surface area contributed by atoms with Crippen molar-refractivity contribution in [2.24, 2.45) is 0 Å². The number of nitrogens with one attached hydrogen (secondary N) is 1. The van der Waals surface area contributed by atoms with Crippen molar-refractivity contribution >= 4 is 0 Å². The normalized spacial score (nSPS) is 40.3. The van der Waals surface area contributed by atoms with Crippen molar-refractivity contribution < 1.29 is 0 Å². The Labute approximate surface area is 43.5 Å². The van der Waals surface area contributed by atoms with E-state index >= 15 is 0 Å². The van der Waals surface area contributed by atoms with E-state index in [-0.39, 0.29) is 0 Å². The van der Waals surface area contributed by atoms with Crippen LogP contribution in [-0.2, 0) is 0 Å². The minimum atomic E-state index is 0.917. The predicted octanol–water partition coefficient (Wildman–Crippen LogP) is -0.379. The summed E-state index contributed by atoms with van der Waals surface area (Å²) < 4.78 is 0. The van der Waals surface area contributed by atoms with E-state index in [0.29, 0.717) is 0 Å². The summed E-state index contributed by atoms with van der Waals surface area (Å²) in [7, 11) is 0. The maximum Gasteiger partial charge on any atom is 0.0484 e. The van der Waals surface area contributed by atoms with Crippen LogP contribution < -0.4 is 5.32 Å². The number of rotatable bonds is 0. The van der Waals surface area contributed by atoms with Crippen LogP contribution in [0.2, 0.25) is 0 Å². The molecule has 2 nitrogen and oxygen atoms in total. The van der Waals surface area contributed by atoms with Crippen molar-refractivity contribution in [3.63, 3.8) is 0 Å². The fraction of sp³-hybridized carbons (Fsp3) is 1.00. The maximum atomic E-state index is 3.31. The number of hydrogen-bond donors (Lipinski definition) is 1. The molecule has 2 heteroatoms. The molecule has 0 saturated carbocycles. The SMILES string of the molecule is C1CN2CNCC12. The van der Waals surface area contributed by atoms with Gasteiger partial charge < -0.3 is 5.32 Å².